The summed E-state index contributed by atoms with van der Waals surface area (Å²) >= 11 is 1.86. The number of nitrogens with zero attached hydrogens (tertiary/aromatic N) is 3. The van der Waals surface area contributed by atoms with E-state index >= 15 is 0 Å². The van der Waals surface area contributed by atoms with Crippen LogP contribution in [0.1, 0.15) is 6.42 Å². The number of fused-ring (bicyclic) bond motifs is 1. The van der Waals surface area contributed by atoms with E-state index in [2.05, 4.69) is 21.5 Å². The Morgan fingerprint density at radius 1 is 1.44 bits per heavy atom. The molecule has 2 heterocycles. The minimum absolute atomic E-state index is 0.888. The van der Waals surface area contributed by atoms with Gasteiger partial charge >= 0.3 is 0 Å². The summed E-state index contributed by atoms with van der Waals surface area (Å²) in [7, 11) is 1.99. The number of hydrogen-bond acceptors (Lipinski definition) is 4. The van der Waals surface area contributed by atoms with Gasteiger partial charge in [0.25, 0.3) is 0 Å². The van der Waals surface area contributed by atoms with Crippen LogP contribution in [0.3, 0.4) is 0 Å². The summed E-state index contributed by atoms with van der Waals surface area (Å²) in [5, 5.41) is 3.34. The van der Waals surface area contributed by atoms with Gasteiger partial charge in [-0.15, -0.1) is 0 Å². The zero-order valence-electron chi connectivity index (χ0n) is 9.60. The van der Waals surface area contributed by atoms with Crippen LogP contribution in [0.25, 0.3) is 11.0 Å². The van der Waals surface area contributed by atoms with Crippen LogP contribution >= 0.6 is 11.8 Å². The van der Waals surface area contributed by atoms with Gasteiger partial charge < -0.3 is 9.88 Å². The van der Waals surface area contributed by atoms with Crippen molar-refractivity contribution in [3.05, 3.63) is 18.6 Å². The second-order valence-electron chi connectivity index (χ2n) is 3.66. The standard InChI is InChI=1S/C11H16N4S/c1-15-8-14-10-9(15)4-6-13-11(10)12-5-3-7-16-2/h4,6,8H,3,5,7H2,1-2H3,(H,12,13). The number of anilines is 1. The topological polar surface area (TPSA) is 42.7 Å². The molecular weight excluding hydrogens is 220 g/mol. The third-order valence-corrected chi connectivity index (χ3v) is 3.16. The van der Waals surface area contributed by atoms with Gasteiger partial charge in [0.1, 0.15) is 5.52 Å². The normalized spacial score (nSPS) is 10.9. The summed E-state index contributed by atoms with van der Waals surface area (Å²) in [4.78, 5) is 8.67. The van der Waals surface area contributed by atoms with Gasteiger partial charge in [0, 0.05) is 19.8 Å². The molecule has 0 radical (unpaired) electrons. The van der Waals surface area contributed by atoms with Crippen molar-refractivity contribution in [1.82, 2.24) is 14.5 Å². The van der Waals surface area contributed by atoms with Gasteiger partial charge in [-0.25, -0.2) is 9.97 Å². The number of hydrogen-bond donors (Lipinski definition) is 1. The van der Waals surface area contributed by atoms with Crippen molar-refractivity contribution in [2.24, 2.45) is 7.05 Å². The number of rotatable bonds is 5. The molecule has 0 spiro atoms. The molecule has 4 nitrogen and oxygen atoms in total. The molecule has 2 aromatic rings. The fourth-order valence-corrected chi connectivity index (χ4v) is 2.05. The summed E-state index contributed by atoms with van der Waals surface area (Å²) in [6, 6.07) is 1.98. The molecule has 0 saturated heterocycles. The van der Waals surface area contributed by atoms with Crippen molar-refractivity contribution in [2.45, 2.75) is 6.42 Å². The molecular formula is C11H16N4S. The van der Waals surface area contributed by atoms with Gasteiger partial charge in [0.2, 0.25) is 0 Å². The summed E-state index contributed by atoms with van der Waals surface area (Å²) in [5.74, 6) is 2.06. The molecule has 0 unspecified atom stereocenters. The van der Waals surface area contributed by atoms with E-state index in [9.17, 15) is 0 Å². The van der Waals surface area contributed by atoms with E-state index in [0.29, 0.717) is 0 Å². The van der Waals surface area contributed by atoms with Gasteiger partial charge in [0.15, 0.2) is 5.82 Å². The Hall–Kier alpha value is -1.23. The number of imidazole rings is 1. The van der Waals surface area contributed by atoms with Gasteiger partial charge in [0.05, 0.1) is 11.8 Å². The average Bonchev–Trinajstić information content (AvgIpc) is 2.68. The molecule has 0 amide bonds. The second kappa shape index (κ2) is 5.21. The molecule has 0 aliphatic carbocycles. The SMILES string of the molecule is CSCCCNc1nccc2c1ncn2C. The molecule has 0 aromatic carbocycles. The van der Waals surface area contributed by atoms with E-state index in [1.807, 2.05) is 42.0 Å². The first kappa shape index (κ1) is 11.3. The zero-order valence-corrected chi connectivity index (χ0v) is 10.4. The van der Waals surface area contributed by atoms with E-state index in [-0.39, 0.29) is 0 Å². The van der Waals surface area contributed by atoms with E-state index in [0.717, 1.165) is 29.8 Å². The first-order chi connectivity index (χ1) is 7.83. The predicted octanol–water partition coefficient (Wildman–Crippen LogP) is 2.13. The number of nitrogens with one attached hydrogen (secondary N) is 1. The van der Waals surface area contributed by atoms with Crippen molar-refractivity contribution in [3.8, 4) is 0 Å². The predicted molar refractivity (Wildman–Crippen MR) is 70.0 cm³/mol. The van der Waals surface area contributed by atoms with Crippen LogP contribution in [0.5, 0.6) is 0 Å². The van der Waals surface area contributed by atoms with E-state index < -0.39 is 0 Å². The molecule has 1 N–H and O–H groups in total. The Morgan fingerprint density at radius 2 is 2.31 bits per heavy atom. The summed E-state index contributed by atoms with van der Waals surface area (Å²) < 4.78 is 2.00. The Bertz CT molecular complexity index is 466. The fraction of sp³-hybridized carbons (Fsp3) is 0.455. The number of aromatic nitrogens is 3. The van der Waals surface area contributed by atoms with Gasteiger partial charge in [-0.3, -0.25) is 0 Å². The number of thioether (sulfide) groups is 1. The first-order valence-corrected chi connectivity index (χ1v) is 6.71. The van der Waals surface area contributed by atoms with Gasteiger partial charge in [-0.05, 0) is 24.5 Å². The smallest absolute Gasteiger partial charge is 0.154 e. The highest BCUT2D eigenvalue weighted by molar-refractivity contribution is 7.98. The molecule has 0 fully saturated rings. The van der Waals surface area contributed by atoms with E-state index in [1.54, 1.807) is 0 Å². The Labute approximate surface area is 99.5 Å². The van der Waals surface area contributed by atoms with Crippen molar-refractivity contribution >= 4 is 28.6 Å². The van der Waals surface area contributed by atoms with E-state index in [1.165, 1.54) is 5.75 Å². The van der Waals surface area contributed by atoms with Crippen molar-refractivity contribution < 1.29 is 0 Å². The fourth-order valence-electron chi connectivity index (χ4n) is 1.61. The maximum Gasteiger partial charge on any atom is 0.154 e. The molecule has 16 heavy (non-hydrogen) atoms. The molecule has 0 aliphatic rings. The Kier molecular flexibility index (Phi) is 3.66. The Morgan fingerprint density at radius 3 is 3.12 bits per heavy atom. The summed E-state index contributed by atoms with van der Waals surface area (Å²) in [6.07, 6.45) is 6.91. The van der Waals surface area contributed by atoms with E-state index in [4.69, 9.17) is 0 Å². The molecule has 86 valence electrons. The van der Waals surface area contributed by atoms with Crippen LogP contribution in [0.15, 0.2) is 18.6 Å². The number of aryl methyl sites for hydroxylation is 1. The van der Waals surface area contributed by atoms with Crippen LogP contribution in [0.4, 0.5) is 5.82 Å². The molecule has 2 rings (SSSR count). The molecule has 0 bridgehead atoms. The van der Waals surface area contributed by atoms with Gasteiger partial charge in [-0.1, -0.05) is 0 Å². The lowest BCUT2D eigenvalue weighted by Gasteiger charge is -2.05. The maximum atomic E-state index is 4.35. The van der Waals surface area contributed by atoms with Gasteiger partial charge in [-0.2, -0.15) is 11.8 Å². The van der Waals surface area contributed by atoms with Crippen LogP contribution in [0.2, 0.25) is 0 Å². The molecule has 2 aromatic heterocycles. The first-order valence-electron chi connectivity index (χ1n) is 5.32. The van der Waals surface area contributed by atoms with Crippen molar-refractivity contribution in [2.75, 3.05) is 23.9 Å². The summed E-state index contributed by atoms with van der Waals surface area (Å²) in [6.45, 7) is 0.948. The molecule has 0 saturated carbocycles. The quantitative estimate of drug-likeness (QED) is 0.808. The number of pyridine rings is 1. The third kappa shape index (κ3) is 2.29. The minimum Gasteiger partial charge on any atom is -0.368 e. The lowest BCUT2D eigenvalue weighted by molar-refractivity contribution is 0.947. The lowest BCUT2D eigenvalue weighted by Crippen LogP contribution is -2.04. The highest BCUT2D eigenvalue weighted by Crippen LogP contribution is 2.18. The molecule has 0 atom stereocenters. The Balaban J connectivity index is 2.11. The van der Waals surface area contributed by atoms with Crippen molar-refractivity contribution in [3.63, 3.8) is 0 Å². The maximum absolute atomic E-state index is 4.35. The molecule has 0 aliphatic heterocycles. The lowest BCUT2D eigenvalue weighted by atomic mass is 10.3. The van der Waals surface area contributed by atoms with Crippen LogP contribution in [-0.2, 0) is 7.05 Å². The monoisotopic (exact) mass is 236 g/mol. The van der Waals surface area contributed by atoms with Crippen molar-refractivity contribution in [1.29, 1.82) is 0 Å². The minimum atomic E-state index is 0.888. The largest absolute Gasteiger partial charge is 0.368 e. The zero-order chi connectivity index (χ0) is 11.4. The van der Waals surface area contributed by atoms with Crippen LogP contribution < -0.4 is 5.32 Å². The highest BCUT2D eigenvalue weighted by atomic mass is 32.2. The summed E-state index contributed by atoms with van der Waals surface area (Å²) in [5.41, 5.74) is 2.07. The van der Waals surface area contributed by atoms with Crippen LogP contribution in [-0.4, -0.2) is 33.1 Å². The molecule has 5 heteroatoms. The third-order valence-electron chi connectivity index (χ3n) is 2.46. The van der Waals surface area contributed by atoms with Crippen LogP contribution in [0, 0.1) is 0 Å². The second-order valence-corrected chi connectivity index (χ2v) is 4.64. The highest BCUT2D eigenvalue weighted by Gasteiger charge is 2.05. The average molecular weight is 236 g/mol.